The molecular formula is C29H27F2N3O3. The Hall–Kier alpha value is -4.46. The molecule has 0 unspecified atom stereocenters. The summed E-state index contributed by atoms with van der Waals surface area (Å²) < 4.78 is 37.1. The van der Waals surface area contributed by atoms with Gasteiger partial charge in [-0.1, -0.05) is 49.1 Å². The molecule has 0 aliphatic rings. The number of halogens is 2. The molecule has 0 aliphatic carbocycles. The zero-order valence-electron chi connectivity index (χ0n) is 20.6. The maximum Gasteiger partial charge on any atom is 0.303 e. The lowest BCUT2D eigenvalue weighted by atomic mass is 10.0. The van der Waals surface area contributed by atoms with Crippen LogP contribution in [0.4, 0.5) is 14.5 Å². The van der Waals surface area contributed by atoms with E-state index < -0.39 is 17.6 Å². The number of hydrogen-bond donors (Lipinski definition) is 2. The highest BCUT2D eigenvalue weighted by molar-refractivity contribution is 5.72. The molecule has 0 bridgehead atoms. The van der Waals surface area contributed by atoms with E-state index in [0.29, 0.717) is 35.5 Å². The second kappa shape index (κ2) is 11.1. The number of aryl methyl sites for hydroxylation is 1. The molecule has 0 amide bonds. The average Bonchev–Trinajstić information content (AvgIpc) is 3.25. The average molecular weight is 504 g/mol. The van der Waals surface area contributed by atoms with Crippen molar-refractivity contribution in [2.45, 2.75) is 26.3 Å². The maximum absolute atomic E-state index is 14.9. The fourth-order valence-electron chi connectivity index (χ4n) is 4.19. The smallest absolute Gasteiger partial charge is 0.303 e. The van der Waals surface area contributed by atoms with Crippen LogP contribution in [0.25, 0.3) is 17.3 Å². The van der Waals surface area contributed by atoms with Crippen molar-refractivity contribution in [2.24, 2.45) is 0 Å². The van der Waals surface area contributed by atoms with Crippen LogP contribution in [-0.4, -0.2) is 27.9 Å². The van der Waals surface area contributed by atoms with Gasteiger partial charge in [0.05, 0.1) is 12.7 Å². The lowest BCUT2D eigenvalue weighted by molar-refractivity contribution is -0.136. The highest BCUT2D eigenvalue weighted by Crippen LogP contribution is 2.36. The molecule has 0 atom stereocenters. The minimum absolute atomic E-state index is 0.0420. The number of carboxylic acids is 1. The van der Waals surface area contributed by atoms with E-state index in [1.54, 1.807) is 44.3 Å². The molecule has 0 saturated carbocycles. The molecule has 1 heterocycles. The number of carbonyl (C=O) groups is 1. The van der Waals surface area contributed by atoms with Crippen molar-refractivity contribution < 1.29 is 23.4 Å². The number of anilines is 1. The topological polar surface area (TPSA) is 76.4 Å². The number of ether oxygens (including phenoxy) is 1. The molecule has 0 radical (unpaired) electrons. The SMILES string of the molecule is C=Cc1c(NC)cc(F)c(Oc2cccc(-c3nn(Cc4cccc(CCC(=O)O)c4)cc3F)c2)c1C. The van der Waals surface area contributed by atoms with Crippen LogP contribution in [0.1, 0.15) is 28.7 Å². The lowest BCUT2D eigenvalue weighted by Gasteiger charge is -2.16. The molecule has 4 rings (SSSR count). The van der Waals surface area contributed by atoms with Crippen molar-refractivity contribution in [1.29, 1.82) is 0 Å². The Morgan fingerprint density at radius 1 is 1.14 bits per heavy atom. The molecule has 190 valence electrons. The van der Waals surface area contributed by atoms with Gasteiger partial charge < -0.3 is 15.2 Å². The van der Waals surface area contributed by atoms with Crippen LogP contribution in [0.3, 0.4) is 0 Å². The third kappa shape index (κ3) is 5.86. The first-order valence-electron chi connectivity index (χ1n) is 11.7. The predicted octanol–water partition coefficient (Wildman–Crippen LogP) is 6.68. The first-order valence-corrected chi connectivity index (χ1v) is 11.7. The number of aliphatic carboxylic acids is 1. The number of hydrogen-bond acceptors (Lipinski definition) is 4. The van der Waals surface area contributed by atoms with Crippen LogP contribution < -0.4 is 10.1 Å². The van der Waals surface area contributed by atoms with Crippen LogP contribution in [0, 0.1) is 18.6 Å². The highest BCUT2D eigenvalue weighted by atomic mass is 19.1. The van der Waals surface area contributed by atoms with Gasteiger partial charge in [-0.05, 0) is 36.6 Å². The predicted molar refractivity (Wildman–Crippen MR) is 140 cm³/mol. The molecule has 2 N–H and O–H groups in total. The molecular weight excluding hydrogens is 476 g/mol. The van der Waals surface area contributed by atoms with Gasteiger partial charge in [0.25, 0.3) is 0 Å². The molecule has 0 aliphatic heterocycles. The van der Waals surface area contributed by atoms with Crippen LogP contribution in [0.15, 0.2) is 67.4 Å². The molecule has 4 aromatic rings. The Kier molecular flexibility index (Phi) is 7.67. The number of aromatic nitrogens is 2. The second-order valence-corrected chi connectivity index (χ2v) is 8.59. The Morgan fingerprint density at radius 2 is 1.89 bits per heavy atom. The zero-order valence-corrected chi connectivity index (χ0v) is 20.6. The second-order valence-electron chi connectivity index (χ2n) is 8.59. The minimum Gasteiger partial charge on any atom is -0.481 e. The fraction of sp³-hybridized carbons (Fsp3) is 0.172. The molecule has 0 fully saturated rings. The van der Waals surface area contributed by atoms with Crippen LogP contribution >= 0.6 is 0 Å². The third-order valence-electron chi connectivity index (χ3n) is 6.00. The normalized spacial score (nSPS) is 10.8. The molecule has 3 aromatic carbocycles. The summed E-state index contributed by atoms with van der Waals surface area (Å²) >= 11 is 0. The van der Waals surface area contributed by atoms with Gasteiger partial charge in [-0.25, -0.2) is 8.78 Å². The Labute approximate surface area is 213 Å². The summed E-state index contributed by atoms with van der Waals surface area (Å²) in [6.45, 7) is 5.87. The molecule has 37 heavy (non-hydrogen) atoms. The van der Waals surface area contributed by atoms with E-state index in [1.807, 2.05) is 24.3 Å². The summed E-state index contributed by atoms with van der Waals surface area (Å²) in [6.07, 6.45) is 3.40. The van der Waals surface area contributed by atoms with Gasteiger partial charge in [-0.2, -0.15) is 5.10 Å². The van der Waals surface area contributed by atoms with Crippen LogP contribution in [0.2, 0.25) is 0 Å². The van der Waals surface area contributed by atoms with Crippen molar-refractivity contribution in [3.8, 4) is 22.8 Å². The number of benzene rings is 3. The minimum atomic E-state index is -0.857. The van der Waals surface area contributed by atoms with Crippen molar-refractivity contribution in [1.82, 2.24) is 9.78 Å². The van der Waals surface area contributed by atoms with Crippen molar-refractivity contribution in [2.75, 3.05) is 12.4 Å². The summed E-state index contributed by atoms with van der Waals surface area (Å²) in [5.41, 5.74) is 4.31. The summed E-state index contributed by atoms with van der Waals surface area (Å²) in [5.74, 6) is -1.48. The van der Waals surface area contributed by atoms with Gasteiger partial charge in [-0.3, -0.25) is 9.48 Å². The van der Waals surface area contributed by atoms with Gasteiger partial charge in [0.15, 0.2) is 17.4 Å². The summed E-state index contributed by atoms with van der Waals surface area (Å²) in [6, 6.07) is 15.5. The first-order chi connectivity index (χ1) is 17.8. The van der Waals surface area contributed by atoms with Gasteiger partial charge in [0.1, 0.15) is 11.4 Å². The quantitative estimate of drug-likeness (QED) is 0.253. The zero-order chi connectivity index (χ0) is 26.5. The Bertz CT molecular complexity index is 1460. The monoisotopic (exact) mass is 503 g/mol. The number of carboxylic acid groups (broad SMARTS) is 1. The van der Waals surface area contributed by atoms with E-state index in [4.69, 9.17) is 9.84 Å². The van der Waals surface area contributed by atoms with Gasteiger partial charge in [-0.15, -0.1) is 0 Å². The molecule has 0 spiro atoms. The summed E-state index contributed by atoms with van der Waals surface area (Å²) in [4.78, 5) is 10.8. The van der Waals surface area contributed by atoms with Gasteiger partial charge >= 0.3 is 5.97 Å². The summed E-state index contributed by atoms with van der Waals surface area (Å²) in [7, 11) is 1.70. The van der Waals surface area contributed by atoms with Crippen LogP contribution in [-0.2, 0) is 17.8 Å². The standard InChI is InChI=1S/C29H27F2N3O3/c1-4-23-18(2)29(24(30)15-26(23)32-3)37-22-10-6-9-21(14-22)28-25(31)17-34(33-28)16-20-8-5-7-19(13-20)11-12-27(35)36/h4-10,13-15,17,32H,1,11-12,16H2,2-3H3,(H,35,36). The van der Waals surface area contributed by atoms with Crippen molar-refractivity contribution in [3.63, 3.8) is 0 Å². The van der Waals surface area contributed by atoms with E-state index in [1.165, 1.54) is 16.9 Å². The molecule has 6 nitrogen and oxygen atoms in total. The fourth-order valence-corrected chi connectivity index (χ4v) is 4.19. The van der Waals surface area contributed by atoms with Crippen LogP contribution in [0.5, 0.6) is 11.5 Å². The third-order valence-corrected chi connectivity index (χ3v) is 6.00. The lowest BCUT2D eigenvalue weighted by Crippen LogP contribution is -2.02. The van der Waals surface area contributed by atoms with E-state index >= 15 is 0 Å². The Morgan fingerprint density at radius 3 is 2.62 bits per heavy atom. The largest absolute Gasteiger partial charge is 0.481 e. The molecule has 1 aromatic heterocycles. The van der Waals surface area contributed by atoms with Gasteiger partial charge in [0.2, 0.25) is 0 Å². The molecule has 0 saturated heterocycles. The van der Waals surface area contributed by atoms with E-state index in [9.17, 15) is 13.6 Å². The first kappa shape index (κ1) is 25.6. The van der Waals surface area contributed by atoms with Crippen molar-refractivity contribution in [3.05, 3.63) is 101 Å². The highest BCUT2D eigenvalue weighted by Gasteiger charge is 2.17. The van der Waals surface area contributed by atoms with E-state index in [2.05, 4.69) is 17.0 Å². The number of nitrogens with one attached hydrogen (secondary N) is 1. The summed E-state index contributed by atoms with van der Waals surface area (Å²) in [5, 5.41) is 16.3. The van der Waals surface area contributed by atoms with Gasteiger partial charge in [0, 0.05) is 41.9 Å². The Balaban J connectivity index is 1.57. The number of nitrogens with zero attached hydrogens (tertiary/aromatic N) is 2. The van der Waals surface area contributed by atoms with E-state index in [-0.39, 0.29) is 17.9 Å². The van der Waals surface area contributed by atoms with Crippen molar-refractivity contribution >= 4 is 17.7 Å². The molecule has 8 heteroatoms. The maximum atomic E-state index is 14.9. The van der Waals surface area contributed by atoms with E-state index in [0.717, 1.165) is 16.7 Å². The number of rotatable bonds is 10.